The SMILES string of the molecule is CC1(F)CCCC(CC(=O)Nc2nc3ccc(Cl)nc3n2C2CCC2)C1. The fourth-order valence-corrected chi connectivity index (χ4v) is 4.35. The lowest BCUT2D eigenvalue weighted by Gasteiger charge is -2.31. The zero-order valence-corrected chi connectivity index (χ0v) is 15.7. The number of nitrogens with zero attached hydrogens (tertiary/aromatic N) is 3. The smallest absolute Gasteiger partial charge is 0.226 e. The van der Waals surface area contributed by atoms with Crippen LogP contribution >= 0.6 is 11.6 Å². The van der Waals surface area contributed by atoms with Crippen LogP contribution in [0.2, 0.25) is 5.15 Å². The van der Waals surface area contributed by atoms with Crippen LogP contribution in [0.15, 0.2) is 12.1 Å². The van der Waals surface area contributed by atoms with Crippen molar-refractivity contribution in [2.75, 3.05) is 5.32 Å². The van der Waals surface area contributed by atoms with E-state index in [1.54, 1.807) is 13.0 Å². The molecule has 0 radical (unpaired) electrons. The van der Waals surface area contributed by atoms with E-state index < -0.39 is 5.67 Å². The highest BCUT2D eigenvalue weighted by Gasteiger charge is 2.33. The summed E-state index contributed by atoms with van der Waals surface area (Å²) in [6.45, 7) is 1.64. The first-order valence-electron chi connectivity index (χ1n) is 9.44. The molecule has 0 bridgehead atoms. The van der Waals surface area contributed by atoms with Gasteiger partial charge in [0.1, 0.15) is 16.3 Å². The predicted molar refractivity (Wildman–Crippen MR) is 100 cm³/mol. The van der Waals surface area contributed by atoms with Crippen molar-refractivity contribution in [3.8, 4) is 0 Å². The molecule has 1 N–H and O–H groups in total. The minimum atomic E-state index is -1.15. The Hall–Kier alpha value is -1.69. The van der Waals surface area contributed by atoms with Crippen LogP contribution in [-0.2, 0) is 4.79 Å². The lowest BCUT2D eigenvalue weighted by atomic mass is 9.79. The highest BCUT2D eigenvalue weighted by molar-refractivity contribution is 6.29. The highest BCUT2D eigenvalue weighted by atomic mass is 35.5. The topological polar surface area (TPSA) is 59.8 Å². The van der Waals surface area contributed by atoms with Crippen LogP contribution in [0.5, 0.6) is 0 Å². The summed E-state index contributed by atoms with van der Waals surface area (Å²) in [5.41, 5.74) is 0.292. The van der Waals surface area contributed by atoms with E-state index in [9.17, 15) is 9.18 Å². The van der Waals surface area contributed by atoms with Gasteiger partial charge in [0.25, 0.3) is 0 Å². The first kappa shape index (κ1) is 17.7. The van der Waals surface area contributed by atoms with Gasteiger partial charge in [0, 0.05) is 12.5 Å². The van der Waals surface area contributed by atoms with Crippen molar-refractivity contribution in [3.05, 3.63) is 17.3 Å². The first-order valence-corrected chi connectivity index (χ1v) is 9.82. The molecule has 4 rings (SSSR count). The number of imidazole rings is 1. The zero-order chi connectivity index (χ0) is 18.3. The number of hydrogen-bond acceptors (Lipinski definition) is 3. The number of pyridine rings is 1. The van der Waals surface area contributed by atoms with Crippen molar-refractivity contribution in [1.82, 2.24) is 14.5 Å². The van der Waals surface area contributed by atoms with E-state index in [-0.39, 0.29) is 11.8 Å². The summed E-state index contributed by atoms with van der Waals surface area (Å²) in [4.78, 5) is 21.5. The largest absolute Gasteiger partial charge is 0.296 e. The number of alkyl halides is 1. The van der Waals surface area contributed by atoms with E-state index in [0.717, 1.165) is 37.6 Å². The predicted octanol–water partition coefficient (Wildman–Crippen LogP) is 5.06. The normalized spacial score (nSPS) is 26.7. The van der Waals surface area contributed by atoms with Crippen LogP contribution in [0.25, 0.3) is 11.2 Å². The van der Waals surface area contributed by atoms with Gasteiger partial charge in [-0.3, -0.25) is 14.7 Å². The molecule has 7 heteroatoms. The molecule has 2 aliphatic carbocycles. The summed E-state index contributed by atoms with van der Waals surface area (Å²) in [5, 5.41) is 3.37. The van der Waals surface area contributed by atoms with Crippen LogP contribution in [-0.4, -0.2) is 26.1 Å². The molecule has 0 aliphatic heterocycles. The second-order valence-electron chi connectivity index (χ2n) is 7.99. The number of rotatable bonds is 4. The minimum Gasteiger partial charge on any atom is -0.296 e. The number of anilines is 1. The van der Waals surface area contributed by atoms with Crippen LogP contribution in [0.4, 0.5) is 10.3 Å². The number of halogens is 2. The van der Waals surface area contributed by atoms with E-state index >= 15 is 0 Å². The average molecular weight is 379 g/mol. The molecule has 2 aromatic heterocycles. The van der Waals surface area contributed by atoms with Crippen molar-refractivity contribution in [2.24, 2.45) is 5.92 Å². The molecule has 1 amide bonds. The number of hydrogen-bond donors (Lipinski definition) is 1. The van der Waals surface area contributed by atoms with Crippen molar-refractivity contribution in [1.29, 1.82) is 0 Å². The van der Waals surface area contributed by atoms with E-state index in [1.807, 2.05) is 10.6 Å². The van der Waals surface area contributed by atoms with E-state index in [0.29, 0.717) is 42.1 Å². The lowest BCUT2D eigenvalue weighted by molar-refractivity contribution is -0.117. The van der Waals surface area contributed by atoms with Crippen molar-refractivity contribution < 1.29 is 9.18 Å². The summed E-state index contributed by atoms with van der Waals surface area (Å²) >= 11 is 6.05. The van der Waals surface area contributed by atoms with Crippen LogP contribution in [0.3, 0.4) is 0 Å². The molecule has 2 unspecified atom stereocenters. The average Bonchev–Trinajstić information content (AvgIpc) is 2.82. The standard InChI is InChI=1S/C19H24ClFN4O/c1-19(21)9-3-4-12(11-19)10-16(26)24-18-22-14-7-8-15(20)23-17(14)25(18)13-5-2-6-13/h7-8,12-13H,2-6,9-11H2,1H3,(H,22,24,26). The molecule has 0 spiro atoms. The Kier molecular flexibility index (Phi) is 4.63. The molecule has 2 heterocycles. The number of carbonyl (C=O) groups excluding carboxylic acids is 1. The maximum Gasteiger partial charge on any atom is 0.226 e. The third-order valence-corrected chi connectivity index (χ3v) is 5.90. The Balaban J connectivity index is 1.54. The fraction of sp³-hybridized carbons (Fsp3) is 0.632. The van der Waals surface area contributed by atoms with Gasteiger partial charge in [-0.15, -0.1) is 0 Å². The van der Waals surface area contributed by atoms with E-state index in [1.165, 1.54) is 0 Å². The molecule has 2 fully saturated rings. The van der Waals surface area contributed by atoms with E-state index in [4.69, 9.17) is 11.6 Å². The summed E-state index contributed by atoms with van der Waals surface area (Å²) in [6, 6.07) is 3.83. The zero-order valence-electron chi connectivity index (χ0n) is 15.0. The van der Waals surface area contributed by atoms with E-state index in [2.05, 4.69) is 15.3 Å². The number of nitrogens with one attached hydrogen (secondary N) is 1. The Bertz CT molecular complexity index is 830. The maximum absolute atomic E-state index is 14.2. The van der Waals surface area contributed by atoms with Crippen LogP contribution in [0, 0.1) is 5.92 Å². The molecular formula is C19H24ClFN4O. The lowest BCUT2D eigenvalue weighted by Crippen LogP contribution is -2.30. The van der Waals surface area contributed by atoms with Gasteiger partial charge >= 0.3 is 0 Å². The van der Waals surface area contributed by atoms with Crippen LogP contribution in [0.1, 0.15) is 64.3 Å². The number of amides is 1. The molecule has 5 nitrogen and oxygen atoms in total. The van der Waals surface area contributed by atoms with Gasteiger partial charge in [-0.2, -0.15) is 0 Å². The number of fused-ring (bicyclic) bond motifs is 1. The van der Waals surface area contributed by atoms with Gasteiger partial charge in [0.15, 0.2) is 5.65 Å². The summed E-state index contributed by atoms with van der Waals surface area (Å²) in [5.74, 6) is 0.519. The van der Waals surface area contributed by atoms with Gasteiger partial charge in [-0.05, 0) is 69.9 Å². The van der Waals surface area contributed by atoms with Crippen molar-refractivity contribution in [3.63, 3.8) is 0 Å². The van der Waals surface area contributed by atoms with Gasteiger partial charge in [-0.1, -0.05) is 11.6 Å². The molecule has 2 atom stereocenters. The third-order valence-electron chi connectivity index (χ3n) is 5.69. The third kappa shape index (κ3) is 3.56. The second-order valence-corrected chi connectivity index (χ2v) is 8.38. The second kappa shape index (κ2) is 6.80. The van der Waals surface area contributed by atoms with Crippen molar-refractivity contribution in [2.45, 2.75) is 70.0 Å². The molecule has 0 saturated heterocycles. The minimum absolute atomic E-state index is 0.0906. The molecule has 2 aromatic rings. The first-order chi connectivity index (χ1) is 12.4. The van der Waals surface area contributed by atoms with Gasteiger partial charge in [0.05, 0.1) is 0 Å². The Morgan fingerprint density at radius 2 is 2.15 bits per heavy atom. The summed E-state index contributed by atoms with van der Waals surface area (Å²) in [7, 11) is 0. The maximum atomic E-state index is 14.2. The fourth-order valence-electron chi connectivity index (χ4n) is 4.21. The van der Waals surface area contributed by atoms with Gasteiger partial charge < -0.3 is 0 Å². The molecular weight excluding hydrogens is 355 g/mol. The molecule has 2 aliphatic rings. The Labute approximate surface area is 157 Å². The number of aromatic nitrogens is 3. The molecule has 0 aromatic carbocycles. The van der Waals surface area contributed by atoms with Crippen molar-refractivity contribution >= 4 is 34.6 Å². The van der Waals surface area contributed by atoms with Crippen LogP contribution < -0.4 is 5.32 Å². The quantitative estimate of drug-likeness (QED) is 0.756. The molecule has 26 heavy (non-hydrogen) atoms. The number of carbonyl (C=O) groups is 1. The highest BCUT2D eigenvalue weighted by Crippen LogP contribution is 2.38. The summed E-state index contributed by atoms with van der Waals surface area (Å²) in [6.07, 6.45) is 6.39. The van der Waals surface area contributed by atoms with Gasteiger partial charge in [0.2, 0.25) is 11.9 Å². The monoisotopic (exact) mass is 378 g/mol. The Morgan fingerprint density at radius 1 is 1.35 bits per heavy atom. The molecule has 2 saturated carbocycles. The molecule has 140 valence electrons. The summed E-state index contributed by atoms with van der Waals surface area (Å²) < 4.78 is 16.2. The van der Waals surface area contributed by atoms with Gasteiger partial charge in [-0.25, -0.2) is 14.4 Å². The Morgan fingerprint density at radius 3 is 2.85 bits per heavy atom.